The van der Waals surface area contributed by atoms with E-state index < -0.39 is 0 Å². The Bertz CT molecular complexity index is 440. The highest BCUT2D eigenvalue weighted by atomic mass is 79.9. The average molecular weight is 323 g/mol. The lowest BCUT2D eigenvalue weighted by Gasteiger charge is -2.34. The minimum Gasteiger partial charge on any atom is -0.315 e. The number of benzene rings is 1. The van der Waals surface area contributed by atoms with E-state index in [4.69, 9.17) is 0 Å². The standard InChI is InChI=1S/C16H23BrN2/c1-2-9-19(14-7-8-18-11-14)16-6-3-12-10-13(17)4-5-15(12)16/h4-5,10,14,16,18H,2-3,6-9,11H2,1H3. The lowest BCUT2D eigenvalue weighted by atomic mass is 10.0. The molecule has 0 saturated carbocycles. The molecular weight excluding hydrogens is 300 g/mol. The molecule has 2 unspecified atom stereocenters. The van der Waals surface area contributed by atoms with Crippen molar-refractivity contribution in [3.63, 3.8) is 0 Å². The topological polar surface area (TPSA) is 15.3 Å². The maximum atomic E-state index is 3.60. The fourth-order valence-corrected chi connectivity index (χ4v) is 4.09. The Morgan fingerprint density at radius 1 is 1.37 bits per heavy atom. The Kier molecular flexibility index (Phi) is 4.25. The first-order valence-corrected chi connectivity index (χ1v) is 8.33. The molecule has 0 spiro atoms. The second-order valence-corrected chi connectivity index (χ2v) is 6.70. The van der Waals surface area contributed by atoms with Gasteiger partial charge in [-0.15, -0.1) is 0 Å². The van der Waals surface area contributed by atoms with E-state index in [1.165, 1.54) is 49.8 Å². The fraction of sp³-hybridized carbons (Fsp3) is 0.625. The first kappa shape index (κ1) is 13.6. The van der Waals surface area contributed by atoms with E-state index in [-0.39, 0.29) is 0 Å². The van der Waals surface area contributed by atoms with Crippen LogP contribution in [0.4, 0.5) is 0 Å². The Morgan fingerprint density at radius 2 is 2.26 bits per heavy atom. The third-order valence-electron chi connectivity index (χ3n) is 4.54. The van der Waals surface area contributed by atoms with Gasteiger partial charge in [-0.1, -0.05) is 28.9 Å². The van der Waals surface area contributed by atoms with Crippen LogP contribution in [-0.4, -0.2) is 30.6 Å². The number of rotatable bonds is 4. The van der Waals surface area contributed by atoms with Crippen molar-refractivity contribution in [2.24, 2.45) is 0 Å². The van der Waals surface area contributed by atoms with Crippen LogP contribution in [-0.2, 0) is 6.42 Å². The van der Waals surface area contributed by atoms with Gasteiger partial charge >= 0.3 is 0 Å². The minimum absolute atomic E-state index is 0.646. The van der Waals surface area contributed by atoms with Gasteiger partial charge in [-0.05, 0) is 62.0 Å². The largest absolute Gasteiger partial charge is 0.315 e. The van der Waals surface area contributed by atoms with Crippen molar-refractivity contribution in [3.8, 4) is 0 Å². The lowest BCUT2D eigenvalue weighted by Crippen LogP contribution is -2.39. The number of nitrogens with zero attached hydrogens (tertiary/aromatic N) is 1. The molecule has 0 amide bonds. The van der Waals surface area contributed by atoms with E-state index in [9.17, 15) is 0 Å². The van der Waals surface area contributed by atoms with E-state index in [2.05, 4.69) is 51.3 Å². The third kappa shape index (κ3) is 2.74. The average Bonchev–Trinajstić information content (AvgIpc) is 3.05. The summed E-state index contributed by atoms with van der Waals surface area (Å²) >= 11 is 3.60. The molecule has 1 aromatic rings. The van der Waals surface area contributed by atoms with E-state index >= 15 is 0 Å². The maximum Gasteiger partial charge on any atom is 0.0357 e. The molecular formula is C16H23BrN2. The number of fused-ring (bicyclic) bond motifs is 1. The highest BCUT2D eigenvalue weighted by molar-refractivity contribution is 9.10. The molecule has 0 bridgehead atoms. The zero-order chi connectivity index (χ0) is 13.2. The zero-order valence-electron chi connectivity index (χ0n) is 11.7. The first-order valence-electron chi connectivity index (χ1n) is 7.54. The molecule has 2 aliphatic rings. The van der Waals surface area contributed by atoms with Crippen LogP contribution >= 0.6 is 15.9 Å². The van der Waals surface area contributed by atoms with Gasteiger partial charge in [0.05, 0.1) is 0 Å². The molecule has 3 heteroatoms. The van der Waals surface area contributed by atoms with Crippen LogP contribution in [0.25, 0.3) is 0 Å². The van der Waals surface area contributed by atoms with Crippen molar-refractivity contribution < 1.29 is 0 Å². The summed E-state index contributed by atoms with van der Waals surface area (Å²) < 4.78 is 1.22. The van der Waals surface area contributed by atoms with Crippen LogP contribution in [0.1, 0.15) is 43.4 Å². The van der Waals surface area contributed by atoms with Crippen molar-refractivity contribution >= 4 is 15.9 Å². The van der Waals surface area contributed by atoms with E-state index in [0.717, 1.165) is 6.04 Å². The second kappa shape index (κ2) is 5.94. The molecule has 1 fully saturated rings. The Hall–Kier alpha value is -0.380. The molecule has 2 atom stereocenters. The summed E-state index contributed by atoms with van der Waals surface area (Å²) in [5, 5.41) is 3.52. The molecule has 1 N–H and O–H groups in total. The van der Waals surface area contributed by atoms with Crippen LogP contribution < -0.4 is 5.32 Å². The van der Waals surface area contributed by atoms with E-state index in [1.807, 2.05) is 0 Å². The van der Waals surface area contributed by atoms with Gasteiger partial charge in [0.15, 0.2) is 0 Å². The molecule has 104 valence electrons. The molecule has 1 saturated heterocycles. The molecule has 1 aliphatic heterocycles. The number of hydrogen-bond acceptors (Lipinski definition) is 2. The highest BCUT2D eigenvalue weighted by Crippen LogP contribution is 2.38. The maximum absolute atomic E-state index is 3.60. The second-order valence-electron chi connectivity index (χ2n) is 5.78. The summed E-state index contributed by atoms with van der Waals surface area (Å²) in [6.07, 6.45) is 5.09. The van der Waals surface area contributed by atoms with Crippen molar-refractivity contribution in [3.05, 3.63) is 33.8 Å². The molecule has 3 rings (SSSR count). The molecule has 1 aromatic carbocycles. The van der Waals surface area contributed by atoms with Crippen molar-refractivity contribution in [1.29, 1.82) is 0 Å². The minimum atomic E-state index is 0.646. The van der Waals surface area contributed by atoms with E-state index in [1.54, 1.807) is 11.1 Å². The normalized spacial score (nSPS) is 26.1. The Balaban J connectivity index is 1.84. The number of nitrogens with one attached hydrogen (secondary N) is 1. The predicted octanol–water partition coefficient (Wildman–Crippen LogP) is 3.51. The molecule has 0 radical (unpaired) electrons. The zero-order valence-corrected chi connectivity index (χ0v) is 13.2. The summed E-state index contributed by atoms with van der Waals surface area (Å²) in [4.78, 5) is 2.76. The molecule has 0 aromatic heterocycles. The SMILES string of the molecule is CCCN(C1CCNC1)C1CCc2cc(Br)ccc21. The van der Waals surface area contributed by atoms with Gasteiger partial charge in [0.2, 0.25) is 0 Å². The van der Waals surface area contributed by atoms with Gasteiger partial charge in [0, 0.05) is 23.1 Å². The van der Waals surface area contributed by atoms with Gasteiger partial charge in [-0.3, -0.25) is 4.90 Å². The summed E-state index contributed by atoms with van der Waals surface area (Å²) in [7, 11) is 0. The van der Waals surface area contributed by atoms with E-state index in [0.29, 0.717) is 6.04 Å². The summed E-state index contributed by atoms with van der Waals surface area (Å²) in [5.41, 5.74) is 3.12. The van der Waals surface area contributed by atoms with Gasteiger partial charge < -0.3 is 5.32 Å². The first-order chi connectivity index (χ1) is 9.29. The summed E-state index contributed by atoms with van der Waals surface area (Å²) in [6.45, 7) is 5.88. The molecule has 2 nitrogen and oxygen atoms in total. The highest BCUT2D eigenvalue weighted by Gasteiger charge is 2.32. The lowest BCUT2D eigenvalue weighted by molar-refractivity contribution is 0.142. The molecule has 1 heterocycles. The molecule has 1 aliphatic carbocycles. The van der Waals surface area contributed by atoms with Crippen molar-refractivity contribution in [2.45, 2.75) is 44.7 Å². The van der Waals surface area contributed by atoms with Crippen LogP contribution in [0.15, 0.2) is 22.7 Å². The molecule has 19 heavy (non-hydrogen) atoms. The third-order valence-corrected chi connectivity index (χ3v) is 5.03. The van der Waals surface area contributed by atoms with Crippen LogP contribution in [0, 0.1) is 0 Å². The van der Waals surface area contributed by atoms with Gasteiger partial charge in [-0.2, -0.15) is 0 Å². The number of hydrogen-bond donors (Lipinski definition) is 1. The quantitative estimate of drug-likeness (QED) is 0.912. The Labute approximate surface area is 124 Å². The van der Waals surface area contributed by atoms with Gasteiger partial charge in [-0.25, -0.2) is 0 Å². The van der Waals surface area contributed by atoms with Crippen molar-refractivity contribution in [1.82, 2.24) is 10.2 Å². The van der Waals surface area contributed by atoms with Crippen LogP contribution in [0.2, 0.25) is 0 Å². The summed E-state index contributed by atoms with van der Waals surface area (Å²) in [5.74, 6) is 0. The number of aryl methyl sites for hydroxylation is 1. The predicted molar refractivity (Wildman–Crippen MR) is 83.5 cm³/mol. The smallest absolute Gasteiger partial charge is 0.0357 e. The van der Waals surface area contributed by atoms with Gasteiger partial charge in [0.25, 0.3) is 0 Å². The fourth-order valence-electron chi connectivity index (χ4n) is 3.68. The van der Waals surface area contributed by atoms with Gasteiger partial charge in [0.1, 0.15) is 0 Å². The Morgan fingerprint density at radius 3 is 3.00 bits per heavy atom. The van der Waals surface area contributed by atoms with Crippen LogP contribution in [0.3, 0.4) is 0 Å². The van der Waals surface area contributed by atoms with Crippen LogP contribution in [0.5, 0.6) is 0 Å². The summed E-state index contributed by atoms with van der Waals surface area (Å²) in [6, 6.07) is 8.23. The van der Waals surface area contributed by atoms with Crippen molar-refractivity contribution in [2.75, 3.05) is 19.6 Å². The number of halogens is 1. The monoisotopic (exact) mass is 322 g/mol.